The number of methoxy groups -OCH3 is 1. The van der Waals surface area contributed by atoms with Crippen molar-refractivity contribution in [3.05, 3.63) is 30.0 Å². The van der Waals surface area contributed by atoms with Gasteiger partial charge in [0.2, 0.25) is 0 Å². The van der Waals surface area contributed by atoms with Gasteiger partial charge in [0.25, 0.3) is 5.91 Å². The number of nitrogens with one attached hydrogen (secondary N) is 1. The number of nitrogens with zero attached hydrogens (tertiary/aromatic N) is 1. The fourth-order valence-electron chi connectivity index (χ4n) is 4.73. The van der Waals surface area contributed by atoms with E-state index < -0.39 is 12.0 Å². The van der Waals surface area contributed by atoms with E-state index in [1.165, 1.54) is 6.42 Å². The SMILES string of the molecule is COc1cccc2[nH]c(C(=O)N3CC4(CCCCC4)CC3C(=O)O)cc12. The molecule has 1 aliphatic carbocycles. The zero-order valence-corrected chi connectivity index (χ0v) is 15.0. The summed E-state index contributed by atoms with van der Waals surface area (Å²) in [5, 5.41) is 10.5. The Hall–Kier alpha value is -2.50. The van der Waals surface area contributed by atoms with Crippen molar-refractivity contribution in [3.8, 4) is 5.75 Å². The Balaban J connectivity index is 1.67. The molecule has 1 saturated carbocycles. The third kappa shape index (κ3) is 2.73. The van der Waals surface area contributed by atoms with Crippen molar-refractivity contribution in [1.29, 1.82) is 0 Å². The van der Waals surface area contributed by atoms with Crippen LogP contribution >= 0.6 is 0 Å². The van der Waals surface area contributed by atoms with Gasteiger partial charge in [0.05, 0.1) is 7.11 Å². The third-order valence-corrected chi connectivity index (χ3v) is 6.04. The molecule has 1 unspecified atom stereocenters. The van der Waals surface area contributed by atoms with Gasteiger partial charge >= 0.3 is 5.97 Å². The molecule has 1 atom stereocenters. The van der Waals surface area contributed by atoms with E-state index in [4.69, 9.17) is 4.74 Å². The summed E-state index contributed by atoms with van der Waals surface area (Å²) in [7, 11) is 1.59. The van der Waals surface area contributed by atoms with E-state index >= 15 is 0 Å². The molecule has 6 nitrogen and oxygen atoms in total. The molecule has 2 heterocycles. The van der Waals surface area contributed by atoms with Gasteiger partial charge in [-0.25, -0.2) is 4.79 Å². The van der Waals surface area contributed by atoms with Crippen LogP contribution in [0.15, 0.2) is 24.3 Å². The van der Waals surface area contributed by atoms with Crippen LogP contribution in [0.4, 0.5) is 0 Å². The molecular weight excluding hydrogens is 332 g/mol. The van der Waals surface area contributed by atoms with Gasteiger partial charge in [-0.05, 0) is 42.9 Å². The Kier molecular flexibility index (Phi) is 4.13. The summed E-state index contributed by atoms with van der Waals surface area (Å²) < 4.78 is 5.36. The lowest BCUT2D eigenvalue weighted by Crippen LogP contribution is -2.41. The molecule has 138 valence electrons. The van der Waals surface area contributed by atoms with Gasteiger partial charge in [0, 0.05) is 17.4 Å². The molecule has 26 heavy (non-hydrogen) atoms. The summed E-state index contributed by atoms with van der Waals surface area (Å²) in [6, 6.07) is 6.61. The van der Waals surface area contributed by atoms with Crippen molar-refractivity contribution in [1.82, 2.24) is 9.88 Å². The summed E-state index contributed by atoms with van der Waals surface area (Å²) >= 11 is 0. The van der Waals surface area contributed by atoms with E-state index in [0.29, 0.717) is 24.4 Å². The molecule has 0 radical (unpaired) electrons. The number of rotatable bonds is 3. The predicted octanol–water partition coefficient (Wildman–Crippen LogP) is 3.43. The lowest BCUT2D eigenvalue weighted by molar-refractivity contribution is -0.141. The van der Waals surface area contributed by atoms with Crippen molar-refractivity contribution >= 4 is 22.8 Å². The number of hydrogen-bond acceptors (Lipinski definition) is 3. The number of hydrogen-bond donors (Lipinski definition) is 2. The first-order valence-corrected chi connectivity index (χ1v) is 9.22. The fraction of sp³-hybridized carbons (Fsp3) is 0.500. The zero-order chi connectivity index (χ0) is 18.3. The van der Waals surface area contributed by atoms with E-state index in [-0.39, 0.29) is 11.3 Å². The number of H-pyrrole nitrogens is 1. The summed E-state index contributed by atoms with van der Waals surface area (Å²) in [5.41, 5.74) is 1.20. The van der Waals surface area contributed by atoms with Crippen molar-refractivity contribution in [3.63, 3.8) is 0 Å². The van der Waals surface area contributed by atoms with Gasteiger partial charge in [0.1, 0.15) is 17.5 Å². The standard InChI is InChI=1S/C20H24N2O4/c1-26-17-7-5-6-14-13(17)10-15(21-14)18(23)22-12-20(8-3-2-4-9-20)11-16(22)19(24)25/h5-7,10,16,21H,2-4,8-9,11-12H2,1H3,(H,24,25). The number of aliphatic carboxylic acids is 1. The molecule has 4 rings (SSSR count). The molecular formula is C20H24N2O4. The van der Waals surface area contributed by atoms with Gasteiger partial charge in [-0.2, -0.15) is 0 Å². The molecule has 1 aromatic carbocycles. The normalized spacial score (nSPS) is 22.0. The molecule has 2 aliphatic rings. The van der Waals surface area contributed by atoms with Crippen molar-refractivity contribution < 1.29 is 19.4 Å². The van der Waals surface area contributed by atoms with Crippen LogP contribution in [-0.4, -0.2) is 46.6 Å². The number of carbonyl (C=O) groups is 2. The number of carbonyl (C=O) groups excluding carboxylic acids is 1. The van der Waals surface area contributed by atoms with E-state index in [1.54, 1.807) is 18.1 Å². The second-order valence-electron chi connectivity index (χ2n) is 7.66. The van der Waals surface area contributed by atoms with Crippen LogP contribution in [0.3, 0.4) is 0 Å². The number of ether oxygens (including phenoxy) is 1. The number of aromatic nitrogens is 1. The molecule has 1 amide bonds. The molecule has 0 bridgehead atoms. The molecule has 2 fully saturated rings. The lowest BCUT2D eigenvalue weighted by Gasteiger charge is -2.32. The van der Waals surface area contributed by atoms with Gasteiger partial charge in [-0.1, -0.05) is 25.3 Å². The summed E-state index contributed by atoms with van der Waals surface area (Å²) in [6.07, 6.45) is 6.05. The highest BCUT2D eigenvalue weighted by Gasteiger charge is 2.49. The summed E-state index contributed by atoms with van der Waals surface area (Å²) in [4.78, 5) is 29.7. The van der Waals surface area contributed by atoms with Crippen LogP contribution in [0.25, 0.3) is 10.9 Å². The van der Waals surface area contributed by atoms with Crippen LogP contribution in [-0.2, 0) is 4.79 Å². The number of amides is 1. The number of aromatic amines is 1. The first kappa shape index (κ1) is 16.9. The number of carboxylic acid groups (broad SMARTS) is 1. The Morgan fingerprint density at radius 1 is 1.27 bits per heavy atom. The van der Waals surface area contributed by atoms with Crippen molar-refractivity contribution in [2.24, 2.45) is 5.41 Å². The monoisotopic (exact) mass is 356 g/mol. The molecule has 1 aromatic heterocycles. The smallest absolute Gasteiger partial charge is 0.326 e. The number of fused-ring (bicyclic) bond motifs is 1. The zero-order valence-electron chi connectivity index (χ0n) is 15.0. The van der Waals surface area contributed by atoms with Crippen LogP contribution in [0.1, 0.15) is 49.0 Å². The molecule has 6 heteroatoms. The second-order valence-corrected chi connectivity index (χ2v) is 7.66. The Morgan fingerprint density at radius 2 is 2.04 bits per heavy atom. The Morgan fingerprint density at radius 3 is 2.73 bits per heavy atom. The van der Waals surface area contributed by atoms with E-state index in [1.807, 2.05) is 18.2 Å². The quantitative estimate of drug-likeness (QED) is 0.883. The van der Waals surface area contributed by atoms with Crippen LogP contribution in [0, 0.1) is 5.41 Å². The maximum Gasteiger partial charge on any atom is 0.326 e. The first-order valence-electron chi connectivity index (χ1n) is 9.22. The predicted molar refractivity (Wildman–Crippen MR) is 97.4 cm³/mol. The van der Waals surface area contributed by atoms with Gasteiger partial charge in [0.15, 0.2) is 0 Å². The second kappa shape index (κ2) is 6.34. The maximum absolute atomic E-state index is 13.1. The third-order valence-electron chi connectivity index (χ3n) is 6.04. The molecule has 2 N–H and O–H groups in total. The Bertz CT molecular complexity index is 851. The van der Waals surface area contributed by atoms with E-state index in [9.17, 15) is 14.7 Å². The highest BCUT2D eigenvalue weighted by molar-refractivity contribution is 6.01. The average molecular weight is 356 g/mol. The first-order chi connectivity index (χ1) is 12.5. The topological polar surface area (TPSA) is 82.6 Å². The van der Waals surface area contributed by atoms with Gasteiger partial charge < -0.3 is 19.7 Å². The van der Waals surface area contributed by atoms with Crippen molar-refractivity contribution in [2.75, 3.05) is 13.7 Å². The largest absolute Gasteiger partial charge is 0.496 e. The molecule has 1 spiro atoms. The maximum atomic E-state index is 13.1. The van der Waals surface area contributed by atoms with Gasteiger partial charge in [-0.3, -0.25) is 4.79 Å². The van der Waals surface area contributed by atoms with E-state index in [0.717, 1.165) is 36.6 Å². The molecule has 1 saturated heterocycles. The summed E-state index contributed by atoms with van der Waals surface area (Å²) in [5.74, 6) is -0.453. The average Bonchev–Trinajstić information content (AvgIpc) is 3.23. The molecule has 2 aromatic rings. The summed E-state index contributed by atoms with van der Waals surface area (Å²) in [6.45, 7) is 0.537. The minimum Gasteiger partial charge on any atom is -0.496 e. The van der Waals surface area contributed by atoms with Crippen LogP contribution in [0.2, 0.25) is 0 Å². The number of carboxylic acids is 1. The Labute approximate surface area is 152 Å². The minimum absolute atomic E-state index is 0.0271. The van der Waals surface area contributed by atoms with E-state index in [2.05, 4.69) is 4.98 Å². The van der Waals surface area contributed by atoms with Crippen molar-refractivity contribution in [2.45, 2.75) is 44.6 Å². The lowest BCUT2D eigenvalue weighted by atomic mass is 9.73. The number of benzene rings is 1. The van der Waals surface area contributed by atoms with Crippen LogP contribution in [0.5, 0.6) is 5.75 Å². The fourth-order valence-corrected chi connectivity index (χ4v) is 4.73. The van der Waals surface area contributed by atoms with Gasteiger partial charge in [-0.15, -0.1) is 0 Å². The highest BCUT2D eigenvalue weighted by Crippen LogP contribution is 2.46. The minimum atomic E-state index is -0.908. The van der Waals surface area contributed by atoms with Crippen LogP contribution < -0.4 is 4.74 Å². The molecule has 1 aliphatic heterocycles. The number of likely N-dealkylation sites (tertiary alicyclic amines) is 1. The highest BCUT2D eigenvalue weighted by atomic mass is 16.5.